The summed E-state index contributed by atoms with van der Waals surface area (Å²) < 4.78 is 5.13. The maximum absolute atomic E-state index is 5.13. The largest absolute Gasteiger partial charge is 0.472 e. The van der Waals surface area contributed by atoms with Crippen LogP contribution in [0.1, 0.15) is 26.3 Å². The molecule has 1 aromatic rings. The molecule has 1 aromatic heterocycles. The van der Waals surface area contributed by atoms with E-state index in [2.05, 4.69) is 45.1 Å². The average molecular weight is 224 g/mol. The highest BCUT2D eigenvalue weighted by atomic mass is 16.3. The number of furan rings is 1. The third-order valence-corrected chi connectivity index (χ3v) is 3.48. The maximum atomic E-state index is 5.13. The molecule has 0 saturated carbocycles. The predicted molar refractivity (Wildman–Crippen MR) is 67.6 cm³/mol. The van der Waals surface area contributed by atoms with Crippen molar-refractivity contribution < 1.29 is 4.42 Å². The van der Waals surface area contributed by atoms with E-state index in [1.165, 1.54) is 5.56 Å². The summed E-state index contributed by atoms with van der Waals surface area (Å²) in [6, 6.07) is 2.46. The van der Waals surface area contributed by atoms with Crippen molar-refractivity contribution in [1.82, 2.24) is 10.2 Å². The highest BCUT2D eigenvalue weighted by Crippen LogP contribution is 2.19. The van der Waals surface area contributed by atoms with Gasteiger partial charge < -0.3 is 14.6 Å². The van der Waals surface area contributed by atoms with E-state index in [1.54, 1.807) is 6.26 Å². The summed E-state index contributed by atoms with van der Waals surface area (Å²) in [4.78, 5) is 2.26. The molecule has 0 amide bonds. The van der Waals surface area contributed by atoms with Crippen molar-refractivity contribution in [2.75, 3.05) is 20.6 Å². The molecule has 0 spiro atoms. The van der Waals surface area contributed by atoms with Gasteiger partial charge >= 0.3 is 0 Å². The first-order valence-corrected chi connectivity index (χ1v) is 5.90. The lowest BCUT2D eigenvalue weighted by molar-refractivity contribution is 0.138. The van der Waals surface area contributed by atoms with E-state index in [1.807, 2.05) is 12.3 Å². The van der Waals surface area contributed by atoms with Crippen molar-refractivity contribution in [1.29, 1.82) is 0 Å². The summed E-state index contributed by atoms with van der Waals surface area (Å²) in [5.74, 6) is 0. The van der Waals surface area contributed by atoms with Gasteiger partial charge in [0.1, 0.15) is 0 Å². The molecule has 0 radical (unpaired) electrons. The van der Waals surface area contributed by atoms with E-state index in [0.717, 1.165) is 13.0 Å². The molecule has 1 atom stereocenters. The van der Waals surface area contributed by atoms with Crippen LogP contribution in [0, 0.1) is 0 Å². The molecule has 0 aromatic carbocycles. The van der Waals surface area contributed by atoms with E-state index in [0.29, 0.717) is 6.04 Å². The van der Waals surface area contributed by atoms with Gasteiger partial charge in [-0.05, 0) is 52.5 Å². The van der Waals surface area contributed by atoms with Crippen LogP contribution in [-0.2, 0) is 6.42 Å². The van der Waals surface area contributed by atoms with Crippen molar-refractivity contribution in [3.8, 4) is 0 Å². The van der Waals surface area contributed by atoms with Crippen LogP contribution in [0.25, 0.3) is 0 Å². The van der Waals surface area contributed by atoms with E-state index in [-0.39, 0.29) is 5.54 Å². The molecular weight excluding hydrogens is 200 g/mol. The Balaban J connectivity index is 2.74. The molecular formula is C13H24N2O. The smallest absolute Gasteiger partial charge is 0.0935 e. The second-order valence-corrected chi connectivity index (χ2v) is 4.99. The minimum Gasteiger partial charge on any atom is -0.472 e. The molecule has 1 rings (SSSR count). The van der Waals surface area contributed by atoms with E-state index < -0.39 is 0 Å². The lowest BCUT2D eigenvalue weighted by Crippen LogP contribution is -2.56. The van der Waals surface area contributed by atoms with Gasteiger partial charge in [0, 0.05) is 11.6 Å². The highest BCUT2D eigenvalue weighted by Gasteiger charge is 2.31. The van der Waals surface area contributed by atoms with Crippen LogP contribution in [0.5, 0.6) is 0 Å². The fourth-order valence-corrected chi connectivity index (χ4v) is 1.77. The predicted octanol–water partition coefficient (Wildman–Crippen LogP) is 2.14. The average Bonchev–Trinajstić information content (AvgIpc) is 2.69. The molecule has 0 saturated heterocycles. The van der Waals surface area contributed by atoms with Crippen LogP contribution in [0.4, 0.5) is 0 Å². The SMILES string of the molecule is CCNC(Cc1ccoc1)C(C)(C)N(C)C. The van der Waals surface area contributed by atoms with Gasteiger partial charge in [0.15, 0.2) is 0 Å². The van der Waals surface area contributed by atoms with Gasteiger partial charge in [-0.25, -0.2) is 0 Å². The Kier molecular flexibility index (Phi) is 4.56. The van der Waals surface area contributed by atoms with Crippen molar-refractivity contribution in [2.45, 2.75) is 38.8 Å². The van der Waals surface area contributed by atoms with E-state index >= 15 is 0 Å². The van der Waals surface area contributed by atoms with Crippen molar-refractivity contribution in [3.63, 3.8) is 0 Å². The first-order valence-electron chi connectivity index (χ1n) is 5.90. The Hall–Kier alpha value is -0.800. The van der Waals surface area contributed by atoms with E-state index in [9.17, 15) is 0 Å². The van der Waals surface area contributed by atoms with Crippen LogP contribution < -0.4 is 5.32 Å². The fraction of sp³-hybridized carbons (Fsp3) is 0.692. The molecule has 0 bridgehead atoms. The monoisotopic (exact) mass is 224 g/mol. The molecule has 0 aliphatic heterocycles. The van der Waals surface area contributed by atoms with Gasteiger partial charge in [-0.2, -0.15) is 0 Å². The molecule has 1 heterocycles. The summed E-state index contributed by atoms with van der Waals surface area (Å²) in [6.07, 6.45) is 4.56. The minimum atomic E-state index is 0.118. The third kappa shape index (κ3) is 3.09. The Bertz CT molecular complexity index is 291. The van der Waals surface area contributed by atoms with Crippen LogP contribution >= 0.6 is 0 Å². The minimum absolute atomic E-state index is 0.118. The molecule has 3 heteroatoms. The normalized spacial score (nSPS) is 14.4. The van der Waals surface area contributed by atoms with E-state index in [4.69, 9.17) is 4.42 Å². The van der Waals surface area contributed by atoms with Gasteiger partial charge in [0.25, 0.3) is 0 Å². The summed E-state index contributed by atoms with van der Waals surface area (Å²) >= 11 is 0. The quantitative estimate of drug-likeness (QED) is 0.802. The number of likely N-dealkylation sites (N-methyl/N-ethyl adjacent to an activating group) is 2. The first kappa shape index (κ1) is 13.3. The summed E-state index contributed by atoms with van der Waals surface area (Å²) in [5, 5.41) is 3.56. The Labute approximate surface area is 98.8 Å². The molecule has 92 valence electrons. The standard InChI is InChI=1S/C13H24N2O/c1-6-14-12(13(2,3)15(4)5)9-11-7-8-16-10-11/h7-8,10,12,14H,6,9H2,1-5H3. The third-order valence-electron chi connectivity index (χ3n) is 3.48. The zero-order valence-corrected chi connectivity index (χ0v) is 11.1. The van der Waals surface area contributed by atoms with Crippen LogP contribution in [0.15, 0.2) is 23.0 Å². The molecule has 3 nitrogen and oxygen atoms in total. The molecule has 0 aliphatic rings. The van der Waals surface area contributed by atoms with Crippen molar-refractivity contribution in [2.24, 2.45) is 0 Å². The number of hydrogen-bond donors (Lipinski definition) is 1. The number of nitrogens with one attached hydrogen (secondary N) is 1. The Morgan fingerprint density at radius 3 is 2.56 bits per heavy atom. The molecule has 1 unspecified atom stereocenters. The maximum Gasteiger partial charge on any atom is 0.0935 e. The molecule has 0 fully saturated rings. The van der Waals surface area contributed by atoms with Gasteiger partial charge in [-0.15, -0.1) is 0 Å². The molecule has 16 heavy (non-hydrogen) atoms. The van der Waals surface area contributed by atoms with Crippen molar-refractivity contribution in [3.05, 3.63) is 24.2 Å². The Morgan fingerprint density at radius 2 is 2.12 bits per heavy atom. The van der Waals surface area contributed by atoms with Gasteiger partial charge in [0.05, 0.1) is 12.5 Å². The Morgan fingerprint density at radius 1 is 1.44 bits per heavy atom. The molecule has 1 N–H and O–H groups in total. The zero-order chi connectivity index (χ0) is 12.2. The van der Waals surface area contributed by atoms with Gasteiger partial charge in [0.2, 0.25) is 0 Å². The summed E-state index contributed by atoms with van der Waals surface area (Å²) in [6.45, 7) is 7.66. The number of nitrogens with zero attached hydrogens (tertiary/aromatic N) is 1. The van der Waals surface area contributed by atoms with Crippen LogP contribution in [0.3, 0.4) is 0 Å². The topological polar surface area (TPSA) is 28.4 Å². The summed E-state index contributed by atoms with van der Waals surface area (Å²) in [7, 11) is 4.25. The number of rotatable bonds is 6. The summed E-state index contributed by atoms with van der Waals surface area (Å²) in [5.41, 5.74) is 1.37. The van der Waals surface area contributed by atoms with Crippen LogP contribution in [-0.4, -0.2) is 37.1 Å². The fourth-order valence-electron chi connectivity index (χ4n) is 1.77. The number of hydrogen-bond acceptors (Lipinski definition) is 3. The van der Waals surface area contributed by atoms with Crippen molar-refractivity contribution >= 4 is 0 Å². The highest BCUT2D eigenvalue weighted by molar-refractivity contribution is 5.10. The molecule has 0 aliphatic carbocycles. The second-order valence-electron chi connectivity index (χ2n) is 4.99. The van der Waals surface area contributed by atoms with Crippen LogP contribution in [0.2, 0.25) is 0 Å². The lowest BCUT2D eigenvalue weighted by Gasteiger charge is -2.40. The second kappa shape index (κ2) is 5.51. The van der Waals surface area contributed by atoms with Gasteiger partial charge in [-0.1, -0.05) is 6.92 Å². The first-order chi connectivity index (χ1) is 7.48. The van der Waals surface area contributed by atoms with Gasteiger partial charge in [-0.3, -0.25) is 0 Å². The zero-order valence-electron chi connectivity index (χ0n) is 11.1. The lowest BCUT2D eigenvalue weighted by atomic mass is 9.88.